The normalized spacial score (nSPS) is 12.4. The van der Waals surface area contributed by atoms with E-state index in [1.807, 2.05) is 6.92 Å². The summed E-state index contributed by atoms with van der Waals surface area (Å²) in [6.45, 7) is 3.79. The van der Waals surface area contributed by atoms with E-state index >= 15 is 0 Å². The van der Waals surface area contributed by atoms with Crippen molar-refractivity contribution in [3.8, 4) is 0 Å². The molecule has 2 heterocycles. The molecule has 1 unspecified atom stereocenters. The third-order valence-electron chi connectivity index (χ3n) is 2.19. The number of aromatic nitrogens is 4. The fourth-order valence-corrected chi connectivity index (χ4v) is 1.55. The summed E-state index contributed by atoms with van der Waals surface area (Å²) in [6.07, 6.45) is 4.19. The van der Waals surface area contributed by atoms with Crippen LogP contribution in [0.5, 0.6) is 0 Å². The molecular weight excluding hydrogens is 286 g/mol. The van der Waals surface area contributed by atoms with Crippen LogP contribution in [-0.4, -0.2) is 20.1 Å². The molecule has 90 valence electrons. The van der Waals surface area contributed by atoms with Crippen LogP contribution in [0.15, 0.2) is 21.4 Å². The number of anilines is 1. The van der Waals surface area contributed by atoms with Gasteiger partial charge >= 0.3 is 0 Å². The number of rotatable bonds is 4. The molecule has 0 aromatic carbocycles. The second-order valence-electron chi connectivity index (χ2n) is 3.50. The SMILES string of the molecule is CCC(Nc1ncc(Br)cn1)c1noc(C)n1. The van der Waals surface area contributed by atoms with Gasteiger partial charge in [-0.05, 0) is 22.4 Å². The van der Waals surface area contributed by atoms with Gasteiger partial charge in [-0.15, -0.1) is 0 Å². The molecule has 17 heavy (non-hydrogen) atoms. The van der Waals surface area contributed by atoms with Crippen molar-refractivity contribution >= 4 is 21.9 Å². The molecule has 2 rings (SSSR count). The van der Waals surface area contributed by atoms with Gasteiger partial charge in [-0.2, -0.15) is 4.98 Å². The lowest BCUT2D eigenvalue weighted by atomic mass is 10.2. The lowest BCUT2D eigenvalue weighted by Gasteiger charge is -2.12. The summed E-state index contributed by atoms with van der Waals surface area (Å²) in [5, 5.41) is 7.04. The number of aryl methyl sites for hydroxylation is 1. The summed E-state index contributed by atoms with van der Waals surface area (Å²) in [5.41, 5.74) is 0. The van der Waals surface area contributed by atoms with E-state index in [2.05, 4.69) is 41.4 Å². The predicted molar refractivity (Wildman–Crippen MR) is 65.4 cm³/mol. The molecule has 0 amide bonds. The first kappa shape index (κ1) is 12.0. The topological polar surface area (TPSA) is 76.7 Å². The Hall–Kier alpha value is -1.50. The summed E-state index contributed by atoms with van der Waals surface area (Å²) in [6, 6.07) is -0.0476. The maximum atomic E-state index is 4.95. The van der Waals surface area contributed by atoms with Gasteiger partial charge in [-0.25, -0.2) is 9.97 Å². The number of halogens is 1. The number of nitrogens with one attached hydrogen (secondary N) is 1. The van der Waals surface area contributed by atoms with Gasteiger partial charge in [0, 0.05) is 19.3 Å². The molecule has 7 heteroatoms. The molecule has 0 fully saturated rings. The lowest BCUT2D eigenvalue weighted by Crippen LogP contribution is -2.13. The van der Waals surface area contributed by atoms with E-state index in [1.165, 1.54) is 0 Å². The van der Waals surface area contributed by atoms with Crippen molar-refractivity contribution in [2.45, 2.75) is 26.3 Å². The van der Waals surface area contributed by atoms with Crippen LogP contribution < -0.4 is 5.32 Å². The Morgan fingerprint density at radius 1 is 1.41 bits per heavy atom. The van der Waals surface area contributed by atoms with Crippen LogP contribution >= 0.6 is 15.9 Å². The minimum Gasteiger partial charge on any atom is -0.344 e. The second-order valence-corrected chi connectivity index (χ2v) is 4.42. The summed E-state index contributed by atoms with van der Waals surface area (Å²) >= 11 is 3.28. The van der Waals surface area contributed by atoms with Crippen molar-refractivity contribution in [1.82, 2.24) is 20.1 Å². The van der Waals surface area contributed by atoms with Crippen LogP contribution in [0.3, 0.4) is 0 Å². The molecule has 0 spiro atoms. The van der Waals surface area contributed by atoms with E-state index < -0.39 is 0 Å². The van der Waals surface area contributed by atoms with Crippen LogP contribution in [0.4, 0.5) is 5.95 Å². The van der Waals surface area contributed by atoms with Crippen molar-refractivity contribution < 1.29 is 4.52 Å². The van der Waals surface area contributed by atoms with Gasteiger partial charge in [0.05, 0.1) is 10.5 Å². The third-order valence-corrected chi connectivity index (χ3v) is 2.60. The molecule has 0 aliphatic heterocycles. The van der Waals surface area contributed by atoms with Gasteiger partial charge < -0.3 is 9.84 Å². The zero-order valence-electron chi connectivity index (χ0n) is 9.51. The highest BCUT2D eigenvalue weighted by Crippen LogP contribution is 2.18. The van der Waals surface area contributed by atoms with Gasteiger partial charge in [-0.1, -0.05) is 12.1 Å². The zero-order chi connectivity index (χ0) is 12.3. The van der Waals surface area contributed by atoms with Crippen molar-refractivity contribution in [2.24, 2.45) is 0 Å². The van der Waals surface area contributed by atoms with Gasteiger partial charge in [-0.3, -0.25) is 0 Å². The average Bonchev–Trinajstić information content (AvgIpc) is 2.75. The molecular formula is C10H12BrN5O. The largest absolute Gasteiger partial charge is 0.344 e. The van der Waals surface area contributed by atoms with Crippen LogP contribution in [0, 0.1) is 6.92 Å². The number of hydrogen-bond donors (Lipinski definition) is 1. The molecule has 2 aromatic heterocycles. The Balaban J connectivity index is 2.12. The summed E-state index contributed by atoms with van der Waals surface area (Å²) in [7, 11) is 0. The maximum absolute atomic E-state index is 4.95. The highest BCUT2D eigenvalue weighted by atomic mass is 79.9. The van der Waals surface area contributed by atoms with Crippen LogP contribution in [0.25, 0.3) is 0 Å². The molecule has 0 radical (unpaired) electrons. The second kappa shape index (κ2) is 5.22. The number of hydrogen-bond acceptors (Lipinski definition) is 6. The monoisotopic (exact) mass is 297 g/mol. The zero-order valence-corrected chi connectivity index (χ0v) is 11.1. The van der Waals surface area contributed by atoms with E-state index in [1.54, 1.807) is 19.3 Å². The Labute approximate surface area is 107 Å². The molecule has 2 aromatic rings. The number of nitrogens with zero attached hydrogens (tertiary/aromatic N) is 4. The highest BCUT2D eigenvalue weighted by molar-refractivity contribution is 9.10. The van der Waals surface area contributed by atoms with Crippen molar-refractivity contribution in [1.29, 1.82) is 0 Å². The smallest absolute Gasteiger partial charge is 0.223 e. The fraction of sp³-hybridized carbons (Fsp3) is 0.400. The predicted octanol–water partition coefficient (Wildman–Crippen LogP) is 2.49. The Morgan fingerprint density at radius 3 is 2.65 bits per heavy atom. The fourth-order valence-electron chi connectivity index (χ4n) is 1.35. The lowest BCUT2D eigenvalue weighted by molar-refractivity contribution is 0.384. The molecule has 0 saturated carbocycles. The van der Waals surface area contributed by atoms with E-state index in [0.29, 0.717) is 17.7 Å². The van der Waals surface area contributed by atoms with Crippen molar-refractivity contribution in [3.63, 3.8) is 0 Å². The molecule has 6 nitrogen and oxygen atoms in total. The van der Waals surface area contributed by atoms with E-state index in [-0.39, 0.29) is 6.04 Å². The first-order valence-corrected chi connectivity index (χ1v) is 6.02. The van der Waals surface area contributed by atoms with Crippen LogP contribution in [-0.2, 0) is 0 Å². The quantitative estimate of drug-likeness (QED) is 0.934. The van der Waals surface area contributed by atoms with Crippen molar-refractivity contribution in [2.75, 3.05) is 5.32 Å². The molecule has 0 saturated heterocycles. The molecule has 0 aliphatic rings. The first-order valence-electron chi connectivity index (χ1n) is 5.23. The molecule has 1 N–H and O–H groups in total. The van der Waals surface area contributed by atoms with Gasteiger partial charge in [0.25, 0.3) is 0 Å². The van der Waals surface area contributed by atoms with E-state index in [0.717, 1.165) is 10.9 Å². The first-order chi connectivity index (χ1) is 8.19. The minimum absolute atomic E-state index is 0.0476. The molecule has 0 aliphatic carbocycles. The van der Waals surface area contributed by atoms with Gasteiger partial charge in [0.2, 0.25) is 11.8 Å². The van der Waals surface area contributed by atoms with Crippen LogP contribution in [0.1, 0.15) is 31.1 Å². The highest BCUT2D eigenvalue weighted by Gasteiger charge is 2.16. The van der Waals surface area contributed by atoms with E-state index in [9.17, 15) is 0 Å². The minimum atomic E-state index is -0.0476. The molecule has 1 atom stereocenters. The standard InChI is InChI=1S/C10H12BrN5O/c1-3-8(9-14-6(2)17-16-9)15-10-12-4-7(11)5-13-10/h4-5,8H,3H2,1-2H3,(H,12,13,15). The Bertz CT molecular complexity index is 484. The summed E-state index contributed by atoms with van der Waals surface area (Å²) < 4.78 is 5.79. The van der Waals surface area contributed by atoms with E-state index in [4.69, 9.17) is 4.52 Å². The summed E-state index contributed by atoms with van der Waals surface area (Å²) in [4.78, 5) is 12.5. The summed E-state index contributed by atoms with van der Waals surface area (Å²) in [5.74, 6) is 1.72. The molecule has 0 bridgehead atoms. The Kier molecular flexibility index (Phi) is 3.68. The maximum Gasteiger partial charge on any atom is 0.223 e. The Morgan fingerprint density at radius 2 is 2.12 bits per heavy atom. The van der Waals surface area contributed by atoms with Crippen LogP contribution in [0.2, 0.25) is 0 Å². The van der Waals surface area contributed by atoms with Gasteiger partial charge in [0.1, 0.15) is 0 Å². The van der Waals surface area contributed by atoms with Crippen molar-refractivity contribution in [3.05, 3.63) is 28.6 Å². The third kappa shape index (κ3) is 3.00. The van der Waals surface area contributed by atoms with Gasteiger partial charge in [0.15, 0.2) is 5.82 Å². The average molecular weight is 298 g/mol.